The van der Waals surface area contributed by atoms with Crippen LogP contribution in [0.15, 0.2) is 45.3 Å². The predicted molar refractivity (Wildman–Crippen MR) is 103 cm³/mol. The van der Waals surface area contributed by atoms with Crippen molar-refractivity contribution in [3.05, 3.63) is 50.6 Å². The molecule has 0 atom stereocenters. The minimum Gasteiger partial charge on any atom is -0.484 e. The summed E-state index contributed by atoms with van der Waals surface area (Å²) in [7, 11) is 0. The molecule has 128 valence electrons. The number of carbonyl (C=O) groups excluding carboxylic acids is 1. The van der Waals surface area contributed by atoms with E-state index in [2.05, 4.69) is 47.2 Å². The lowest BCUT2D eigenvalue weighted by Gasteiger charge is -2.19. The number of thiophene rings is 1. The molecule has 0 aliphatic heterocycles. The first-order valence-electron chi connectivity index (χ1n) is 7.58. The Labute approximate surface area is 155 Å². The Morgan fingerprint density at radius 3 is 2.42 bits per heavy atom. The molecule has 0 unspecified atom stereocenters. The van der Waals surface area contributed by atoms with E-state index in [1.165, 1.54) is 5.56 Å². The Kier molecular flexibility index (Phi) is 6.18. The lowest BCUT2D eigenvalue weighted by atomic mass is 9.87. The van der Waals surface area contributed by atoms with E-state index in [1.807, 2.05) is 43.3 Å². The minimum absolute atomic E-state index is 0.0697. The van der Waals surface area contributed by atoms with Crippen LogP contribution in [0.3, 0.4) is 0 Å². The molecule has 1 N–H and O–H groups in total. The van der Waals surface area contributed by atoms with Crippen LogP contribution in [0.4, 0.5) is 0 Å². The fourth-order valence-electron chi connectivity index (χ4n) is 1.94. The van der Waals surface area contributed by atoms with Gasteiger partial charge in [-0.15, -0.1) is 11.3 Å². The molecular weight excluding hydrogens is 388 g/mol. The summed E-state index contributed by atoms with van der Waals surface area (Å²) in [4.78, 5) is 12.8. The highest BCUT2D eigenvalue weighted by Gasteiger charge is 2.13. The third kappa shape index (κ3) is 5.46. The molecule has 0 spiro atoms. The summed E-state index contributed by atoms with van der Waals surface area (Å²) in [5, 5.41) is 4.09. The molecular formula is C18H21BrN2O2S. The minimum atomic E-state index is -0.287. The second-order valence-electron chi connectivity index (χ2n) is 6.40. The molecule has 2 rings (SSSR count). The van der Waals surface area contributed by atoms with Gasteiger partial charge < -0.3 is 4.74 Å². The molecule has 1 aromatic carbocycles. The van der Waals surface area contributed by atoms with Crippen LogP contribution in [0, 0.1) is 0 Å². The second kappa shape index (κ2) is 7.94. The fourth-order valence-corrected chi connectivity index (χ4v) is 3.27. The van der Waals surface area contributed by atoms with Gasteiger partial charge in [-0.3, -0.25) is 4.79 Å². The van der Waals surface area contributed by atoms with Gasteiger partial charge in [-0.1, -0.05) is 32.9 Å². The summed E-state index contributed by atoms with van der Waals surface area (Å²) in [6.07, 6.45) is 0. The lowest BCUT2D eigenvalue weighted by molar-refractivity contribution is -0.123. The van der Waals surface area contributed by atoms with Crippen molar-refractivity contribution in [2.45, 2.75) is 33.1 Å². The van der Waals surface area contributed by atoms with Crippen LogP contribution >= 0.6 is 27.3 Å². The average molecular weight is 409 g/mol. The molecule has 24 heavy (non-hydrogen) atoms. The highest BCUT2D eigenvalue weighted by atomic mass is 79.9. The highest BCUT2D eigenvalue weighted by molar-refractivity contribution is 9.11. The Balaban J connectivity index is 1.85. The Hall–Kier alpha value is -1.66. The van der Waals surface area contributed by atoms with Gasteiger partial charge in [0.15, 0.2) is 6.61 Å². The zero-order valence-corrected chi connectivity index (χ0v) is 16.6. The molecule has 0 saturated heterocycles. The Bertz CT molecular complexity index is 730. The summed E-state index contributed by atoms with van der Waals surface area (Å²) in [6, 6.07) is 11.7. The van der Waals surface area contributed by atoms with E-state index in [9.17, 15) is 4.79 Å². The first-order valence-corrected chi connectivity index (χ1v) is 9.19. The number of carbonyl (C=O) groups is 1. The fraction of sp³-hybridized carbons (Fsp3) is 0.333. The number of hydrogen-bond acceptors (Lipinski definition) is 4. The molecule has 4 nitrogen and oxygen atoms in total. The zero-order valence-electron chi connectivity index (χ0n) is 14.2. The van der Waals surface area contributed by atoms with Gasteiger partial charge >= 0.3 is 0 Å². The molecule has 1 amide bonds. The number of halogens is 1. The van der Waals surface area contributed by atoms with Crippen molar-refractivity contribution in [2.75, 3.05) is 6.61 Å². The van der Waals surface area contributed by atoms with E-state index in [-0.39, 0.29) is 17.9 Å². The van der Waals surface area contributed by atoms with Crippen LogP contribution in [-0.2, 0) is 10.2 Å². The third-order valence-electron chi connectivity index (χ3n) is 3.37. The van der Waals surface area contributed by atoms with Crippen LogP contribution in [-0.4, -0.2) is 18.2 Å². The third-order valence-corrected chi connectivity index (χ3v) is 5.10. The number of rotatable bonds is 5. The van der Waals surface area contributed by atoms with E-state index >= 15 is 0 Å². The molecule has 0 saturated carbocycles. The predicted octanol–water partition coefficient (Wildman–Crippen LogP) is 4.73. The van der Waals surface area contributed by atoms with Crippen molar-refractivity contribution in [2.24, 2.45) is 5.10 Å². The number of amides is 1. The normalized spacial score (nSPS) is 12.1. The van der Waals surface area contributed by atoms with Crippen LogP contribution in [0.25, 0.3) is 0 Å². The van der Waals surface area contributed by atoms with Gasteiger partial charge in [0, 0.05) is 0 Å². The van der Waals surface area contributed by atoms with E-state index in [1.54, 1.807) is 11.3 Å². The van der Waals surface area contributed by atoms with Gasteiger partial charge in [0.2, 0.25) is 0 Å². The molecule has 1 heterocycles. The molecule has 0 fully saturated rings. The smallest absolute Gasteiger partial charge is 0.277 e. The first-order chi connectivity index (χ1) is 11.3. The van der Waals surface area contributed by atoms with Crippen molar-refractivity contribution in [1.29, 1.82) is 0 Å². The first kappa shape index (κ1) is 18.7. The summed E-state index contributed by atoms with van der Waals surface area (Å²) in [6.45, 7) is 8.25. The number of hydrogen-bond donors (Lipinski definition) is 1. The van der Waals surface area contributed by atoms with Crippen LogP contribution in [0.1, 0.15) is 38.1 Å². The topological polar surface area (TPSA) is 50.7 Å². The summed E-state index contributed by atoms with van der Waals surface area (Å²) in [5.41, 5.74) is 4.59. The van der Waals surface area contributed by atoms with E-state index in [0.717, 1.165) is 14.4 Å². The number of benzene rings is 1. The number of nitrogens with one attached hydrogen (secondary N) is 1. The maximum absolute atomic E-state index is 11.8. The van der Waals surface area contributed by atoms with E-state index in [4.69, 9.17) is 4.74 Å². The van der Waals surface area contributed by atoms with Crippen molar-refractivity contribution in [1.82, 2.24) is 5.43 Å². The van der Waals surface area contributed by atoms with Crippen LogP contribution in [0.5, 0.6) is 5.75 Å². The van der Waals surface area contributed by atoms with Crippen LogP contribution < -0.4 is 10.2 Å². The lowest BCUT2D eigenvalue weighted by Crippen LogP contribution is -2.25. The van der Waals surface area contributed by atoms with Gasteiger partial charge in [0.25, 0.3) is 5.91 Å². The van der Waals surface area contributed by atoms with Gasteiger partial charge in [0.1, 0.15) is 5.75 Å². The summed E-state index contributed by atoms with van der Waals surface area (Å²) < 4.78 is 6.52. The molecule has 0 aliphatic carbocycles. The standard InChI is InChI=1S/C18H21BrN2O2S/c1-12(15-9-10-16(19)24-15)20-21-17(22)11-23-14-7-5-13(6-8-14)18(2,3)4/h5-10H,11H2,1-4H3,(H,21,22)/b20-12-. The van der Waals surface area contributed by atoms with Crippen molar-refractivity contribution in [3.8, 4) is 5.75 Å². The van der Waals surface area contributed by atoms with Gasteiger partial charge in [-0.2, -0.15) is 5.10 Å². The molecule has 6 heteroatoms. The summed E-state index contributed by atoms with van der Waals surface area (Å²) in [5.74, 6) is 0.380. The highest BCUT2D eigenvalue weighted by Crippen LogP contribution is 2.24. The number of ether oxygens (including phenoxy) is 1. The van der Waals surface area contributed by atoms with Crippen molar-refractivity contribution < 1.29 is 9.53 Å². The van der Waals surface area contributed by atoms with E-state index < -0.39 is 0 Å². The maximum Gasteiger partial charge on any atom is 0.277 e. The number of nitrogens with zero attached hydrogens (tertiary/aromatic N) is 1. The van der Waals surface area contributed by atoms with Gasteiger partial charge in [-0.25, -0.2) is 5.43 Å². The molecule has 0 bridgehead atoms. The largest absolute Gasteiger partial charge is 0.484 e. The van der Waals surface area contributed by atoms with Crippen molar-refractivity contribution in [3.63, 3.8) is 0 Å². The zero-order chi connectivity index (χ0) is 17.7. The Morgan fingerprint density at radius 2 is 1.88 bits per heavy atom. The van der Waals surface area contributed by atoms with E-state index in [0.29, 0.717) is 5.75 Å². The quantitative estimate of drug-likeness (QED) is 0.574. The van der Waals surface area contributed by atoms with Crippen molar-refractivity contribution >= 4 is 38.9 Å². The van der Waals surface area contributed by atoms with Crippen LogP contribution in [0.2, 0.25) is 0 Å². The molecule has 1 aromatic heterocycles. The monoisotopic (exact) mass is 408 g/mol. The molecule has 0 aliphatic rings. The second-order valence-corrected chi connectivity index (χ2v) is 8.86. The average Bonchev–Trinajstić information content (AvgIpc) is 2.96. The molecule has 2 aromatic rings. The maximum atomic E-state index is 11.8. The summed E-state index contributed by atoms with van der Waals surface area (Å²) >= 11 is 4.97. The molecule has 0 radical (unpaired) electrons. The van der Waals surface area contributed by atoms with Gasteiger partial charge in [-0.05, 0) is 58.1 Å². The number of hydrazone groups is 1. The van der Waals surface area contributed by atoms with Gasteiger partial charge in [0.05, 0.1) is 14.4 Å². The Morgan fingerprint density at radius 1 is 1.21 bits per heavy atom. The SMILES string of the molecule is C/C(=N/NC(=O)COc1ccc(C(C)(C)C)cc1)c1ccc(Br)s1.